The minimum Gasteiger partial charge on any atom is -0.478 e. The average Bonchev–Trinajstić information content (AvgIpc) is 3.05. The van der Waals surface area contributed by atoms with E-state index in [1.54, 1.807) is 0 Å². The third-order valence-corrected chi connectivity index (χ3v) is 11.8. The highest BCUT2D eigenvalue weighted by molar-refractivity contribution is 7.91. The molecule has 0 saturated heterocycles. The summed E-state index contributed by atoms with van der Waals surface area (Å²) < 4.78 is 150. The lowest BCUT2D eigenvalue weighted by atomic mass is 10.2. The van der Waals surface area contributed by atoms with Crippen molar-refractivity contribution in [3.05, 3.63) is 90.8 Å². The molecule has 3 aromatic rings. The van der Waals surface area contributed by atoms with Gasteiger partial charge in [0.15, 0.2) is 25.0 Å². The van der Waals surface area contributed by atoms with Crippen molar-refractivity contribution in [2.24, 2.45) is 10.2 Å². The minimum absolute atomic E-state index is 0.0366. The number of hydrogen-bond acceptors (Lipinski definition) is 20. The van der Waals surface area contributed by atoms with Crippen LogP contribution in [-0.2, 0) is 59.0 Å². The van der Waals surface area contributed by atoms with E-state index in [0.717, 1.165) is 36.4 Å². The Balaban J connectivity index is 1.88. The second kappa shape index (κ2) is 17.8. The van der Waals surface area contributed by atoms with Gasteiger partial charge in [-0.15, -0.1) is 0 Å². The molecule has 30 heteroatoms. The number of aromatic carboxylic acids is 1. The molecule has 1 amide bonds. The minimum atomic E-state index is -5.19. The fourth-order valence-corrected chi connectivity index (χ4v) is 7.60. The topological polar surface area (TPSA) is 399 Å². The van der Waals surface area contributed by atoms with Gasteiger partial charge in [-0.1, -0.05) is 0 Å². The zero-order valence-electron chi connectivity index (χ0n) is 27.6. The number of anilines is 2. The third kappa shape index (κ3) is 13.6. The average molecular weight is 890 g/mol. The van der Waals surface area contributed by atoms with Gasteiger partial charge < -0.3 is 10.4 Å². The van der Waals surface area contributed by atoms with Crippen LogP contribution in [0.4, 0.5) is 11.4 Å². The van der Waals surface area contributed by atoms with Crippen molar-refractivity contribution in [2.45, 2.75) is 9.79 Å². The van der Waals surface area contributed by atoms with E-state index in [9.17, 15) is 70.9 Å². The van der Waals surface area contributed by atoms with Crippen LogP contribution in [0, 0.1) is 0 Å². The maximum Gasteiger partial charge on any atom is 0.397 e. The highest BCUT2D eigenvalue weighted by Crippen LogP contribution is 2.23. The van der Waals surface area contributed by atoms with Gasteiger partial charge in [0.1, 0.15) is 10.3 Å². The third-order valence-electron chi connectivity index (χ3n) is 6.65. The molecule has 0 aromatic heterocycles. The van der Waals surface area contributed by atoms with Gasteiger partial charge in [-0.3, -0.25) is 38.9 Å². The molecule has 25 nitrogen and oxygen atoms in total. The van der Waals surface area contributed by atoms with Gasteiger partial charge in [-0.2, -0.15) is 35.5 Å². The van der Waals surface area contributed by atoms with Crippen molar-refractivity contribution in [1.29, 1.82) is 0 Å². The Morgan fingerprint density at radius 2 is 1.27 bits per heavy atom. The van der Waals surface area contributed by atoms with Crippen molar-refractivity contribution in [3.63, 3.8) is 0 Å². The van der Waals surface area contributed by atoms with E-state index >= 15 is 0 Å². The summed E-state index contributed by atoms with van der Waals surface area (Å²) in [5, 5.41) is 17.0. The first-order valence-electron chi connectivity index (χ1n) is 14.6. The number of carbonyl (C=O) groups excluding carboxylic acids is 1. The van der Waals surface area contributed by atoms with E-state index in [1.807, 2.05) is 5.43 Å². The summed E-state index contributed by atoms with van der Waals surface area (Å²) in [6.45, 7) is -2.39. The molecular weight excluding hydrogens is 863 g/mol. The molecule has 7 N–H and O–H groups in total. The Morgan fingerprint density at radius 1 is 0.696 bits per heavy atom. The van der Waals surface area contributed by atoms with Crippen LogP contribution in [-0.4, -0.2) is 110 Å². The number of hydrogen-bond donors (Lipinski definition) is 7. The number of carboxylic acids is 1. The zero-order valence-corrected chi connectivity index (χ0v) is 31.7. The molecule has 0 atom stereocenters. The molecule has 0 bridgehead atoms. The SMILES string of the molecule is O=C(NCCS(=O)(=O)CCOS(=O)(=O)O)c1ccc(NN=c2c(=O)cc(C(=O)O)c(=NNc3ccc(S(=O)(=O)CCOS(=O)(=O)O)cc3)c2=O)c(S(=O)(=O)O)c1. The zero-order chi connectivity index (χ0) is 42.3. The summed E-state index contributed by atoms with van der Waals surface area (Å²) in [6, 6.07) is 7.11. The Kier molecular flexibility index (Phi) is 14.4. The molecule has 0 radical (unpaired) electrons. The molecule has 306 valence electrons. The second-order valence-corrected chi connectivity index (χ2v) is 18.6. The Bertz CT molecular complexity index is 2820. The van der Waals surface area contributed by atoms with Crippen LogP contribution < -0.4 is 37.7 Å². The van der Waals surface area contributed by atoms with E-state index in [-0.39, 0.29) is 10.6 Å². The van der Waals surface area contributed by atoms with Crippen LogP contribution in [0.25, 0.3) is 0 Å². The number of nitrogens with one attached hydrogen (secondary N) is 3. The first-order valence-corrected chi connectivity index (χ1v) is 22.2. The smallest absolute Gasteiger partial charge is 0.397 e. The molecule has 0 saturated carbocycles. The number of carbonyl (C=O) groups is 2. The van der Waals surface area contributed by atoms with E-state index < -0.39 is 143 Å². The van der Waals surface area contributed by atoms with Crippen molar-refractivity contribution < 1.29 is 78.8 Å². The molecule has 0 aliphatic heterocycles. The fourth-order valence-electron chi connectivity index (χ4n) is 4.09. The second-order valence-electron chi connectivity index (χ2n) is 10.6. The quantitative estimate of drug-likeness (QED) is 0.0456. The molecule has 0 aliphatic rings. The van der Waals surface area contributed by atoms with Gasteiger partial charge >= 0.3 is 26.8 Å². The molecule has 3 rings (SSSR count). The van der Waals surface area contributed by atoms with Gasteiger partial charge in [0.05, 0.1) is 52.3 Å². The number of carboxylic acid groups (broad SMARTS) is 1. The van der Waals surface area contributed by atoms with Gasteiger partial charge in [0, 0.05) is 18.2 Å². The fraction of sp³-hybridized carbons (Fsp3) is 0.231. The number of sulfone groups is 2. The van der Waals surface area contributed by atoms with Crippen LogP contribution in [0.1, 0.15) is 20.7 Å². The Labute approximate surface area is 315 Å². The van der Waals surface area contributed by atoms with Crippen molar-refractivity contribution >= 4 is 73.8 Å². The van der Waals surface area contributed by atoms with Gasteiger partial charge in [-0.25, -0.2) is 30.0 Å². The predicted molar refractivity (Wildman–Crippen MR) is 187 cm³/mol. The molecular formula is C26H27N5O20S5. The van der Waals surface area contributed by atoms with Crippen LogP contribution >= 0.6 is 0 Å². The lowest BCUT2D eigenvalue weighted by Crippen LogP contribution is -2.50. The predicted octanol–water partition coefficient (Wildman–Crippen LogP) is -3.36. The molecule has 0 fully saturated rings. The van der Waals surface area contributed by atoms with Crippen molar-refractivity contribution in [3.8, 4) is 0 Å². The summed E-state index contributed by atoms with van der Waals surface area (Å²) in [5.74, 6) is -5.30. The normalized spacial score (nSPS) is 13.3. The summed E-state index contributed by atoms with van der Waals surface area (Å²) in [4.78, 5) is 49.0. The largest absolute Gasteiger partial charge is 0.478 e. The van der Waals surface area contributed by atoms with E-state index in [0.29, 0.717) is 12.1 Å². The standard InChI is InChI=1S/C26H27N5O20S5/c32-20-14-18(26(35)36)22(30-28-16-2-4-17(5-3-16)53(39,40)12-9-51-56(47,48)49)24(33)23(20)31-29-19-6-1-15(13-21(19)54(41,42)43)25(34)27-7-10-52(37,38)11-8-50-55(44,45)46/h1-6,13-14,28-29H,7-12H2,(H,27,34)(H,35,36)(H,41,42,43)(H,44,45,46)(H,47,48,49). The first kappa shape index (κ1) is 45.3. The van der Waals surface area contributed by atoms with Crippen molar-refractivity contribution in [1.82, 2.24) is 5.32 Å². The van der Waals surface area contributed by atoms with Crippen LogP contribution in [0.15, 0.2) is 78.1 Å². The lowest BCUT2D eigenvalue weighted by molar-refractivity contribution is 0.0694. The molecule has 0 heterocycles. The summed E-state index contributed by atoms with van der Waals surface area (Å²) in [5.41, 5.74) is -0.415. The molecule has 0 aliphatic carbocycles. The molecule has 3 aromatic carbocycles. The van der Waals surface area contributed by atoms with Crippen LogP contribution in [0.2, 0.25) is 0 Å². The summed E-state index contributed by atoms with van der Waals surface area (Å²) >= 11 is 0. The number of nitrogens with zero attached hydrogens (tertiary/aromatic N) is 2. The Hall–Kier alpha value is -5.05. The van der Waals surface area contributed by atoms with Gasteiger partial charge in [-0.05, 0) is 42.5 Å². The lowest BCUT2D eigenvalue weighted by Gasteiger charge is -2.10. The molecule has 0 spiro atoms. The molecule has 0 unspecified atom stereocenters. The van der Waals surface area contributed by atoms with Gasteiger partial charge in [0.2, 0.25) is 10.9 Å². The Morgan fingerprint density at radius 3 is 1.82 bits per heavy atom. The first-order chi connectivity index (χ1) is 25.7. The highest BCUT2D eigenvalue weighted by atomic mass is 32.3. The maximum atomic E-state index is 13.2. The summed E-state index contributed by atoms with van der Waals surface area (Å²) in [7, 11) is -23.1. The number of benzene rings is 3. The maximum absolute atomic E-state index is 13.2. The highest BCUT2D eigenvalue weighted by Gasteiger charge is 2.21. The number of amides is 1. The van der Waals surface area contributed by atoms with Crippen molar-refractivity contribution in [2.75, 3.05) is 47.9 Å². The monoisotopic (exact) mass is 889 g/mol. The summed E-state index contributed by atoms with van der Waals surface area (Å²) in [6.07, 6.45) is 0. The van der Waals surface area contributed by atoms with Crippen LogP contribution in [0.5, 0.6) is 0 Å². The van der Waals surface area contributed by atoms with Gasteiger partial charge in [0.25, 0.3) is 16.0 Å². The van der Waals surface area contributed by atoms with E-state index in [4.69, 9.17) is 9.11 Å². The van der Waals surface area contributed by atoms with E-state index in [2.05, 4.69) is 29.3 Å². The number of rotatable bonds is 19. The molecule has 56 heavy (non-hydrogen) atoms. The van der Waals surface area contributed by atoms with Crippen LogP contribution in [0.3, 0.4) is 0 Å². The van der Waals surface area contributed by atoms with E-state index in [1.165, 1.54) is 0 Å².